The van der Waals surface area contributed by atoms with E-state index in [2.05, 4.69) is 10.1 Å². The van der Waals surface area contributed by atoms with Crippen molar-refractivity contribution in [2.45, 2.75) is 26.2 Å². The molecular formula is C17H17N3O2. The van der Waals surface area contributed by atoms with Gasteiger partial charge in [-0.2, -0.15) is 5.10 Å². The SMILES string of the molecule is CC(C)(C)c1cc(C(=O)O)nn1-c1ccc2ncccc2c1. The number of pyridine rings is 1. The van der Waals surface area contributed by atoms with Crippen molar-refractivity contribution in [3.05, 3.63) is 54.0 Å². The fourth-order valence-corrected chi connectivity index (χ4v) is 2.41. The normalized spacial score (nSPS) is 11.8. The molecule has 2 heterocycles. The number of benzene rings is 1. The van der Waals surface area contributed by atoms with E-state index in [1.807, 2.05) is 51.1 Å². The summed E-state index contributed by atoms with van der Waals surface area (Å²) in [4.78, 5) is 15.5. The quantitative estimate of drug-likeness (QED) is 0.786. The van der Waals surface area contributed by atoms with Gasteiger partial charge < -0.3 is 5.11 Å². The summed E-state index contributed by atoms with van der Waals surface area (Å²) in [5.41, 5.74) is 2.42. The summed E-state index contributed by atoms with van der Waals surface area (Å²) in [7, 11) is 0. The van der Waals surface area contributed by atoms with E-state index < -0.39 is 5.97 Å². The highest BCUT2D eigenvalue weighted by Gasteiger charge is 2.24. The summed E-state index contributed by atoms with van der Waals surface area (Å²) in [6.45, 7) is 6.11. The molecule has 112 valence electrons. The molecule has 3 rings (SSSR count). The summed E-state index contributed by atoms with van der Waals surface area (Å²) in [6.07, 6.45) is 1.75. The molecule has 5 heteroatoms. The van der Waals surface area contributed by atoms with Crippen LogP contribution in [0.5, 0.6) is 0 Å². The smallest absolute Gasteiger partial charge is 0.356 e. The average Bonchev–Trinajstić information content (AvgIpc) is 2.92. The van der Waals surface area contributed by atoms with Crippen LogP contribution in [-0.2, 0) is 5.41 Å². The first-order valence-corrected chi connectivity index (χ1v) is 7.05. The highest BCUT2D eigenvalue weighted by Crippen LogP contribution is 2.27. The topological polar surface area (TPSA) is 68.0 Å². The molecule has 0 atom stereocenters. The molecule has 1 N–H and O–H groups in total. The highest BCUT2D eigenvalue weighted by atomic mass is 16.4. The molecule has 22 heavy (non-hydrogen) atoms. The third-order valence-electron chi connectivity index (χ3n) is 3.53. The standard InChI is InChI=1S/C17H17N3O2/c1-17(2,3)15-10-14(16(21)22)19-20(15)12-6-7-13-11(9-12)5-4-8-18-13/h4-10H,1-3H3,(H,21,22). The Morgan fingerprint density at radius 1 is 1.18 bits per heavy atom. The zero-order valence-electron chi connectivity index (χ0n) is 12.7. The largest absolute Gasteiger partial charge is 0.476 e. The van der Waals surface area contributed by atoms with Crippen molar-refractivity contribution in [3.8, 4) is 5.69 Å². The lowest BCUT2D eigenvalue weighted by Gasteiger charge is -2.20. The van der Waals surface area contributed by atoms with Crippen molar-refractivity contribution in [3.63, 3.8) is 0 Å². The molecule has 0 bridgehead atoms. The highest BCUT2D eigenvalue weighted by molar-refractivity contribution is 5.86. The summed E-state index contributed by atoms with van der Waals surface area (Å²) < 4.78 is 1.70. The van der Waals surface area contributed by atoms with Crippen LogP contribution < -0.4 is 0 Å². The molecule has 0 fully saturated rings. The number of rotatable bonds is 2. The van der Waals surface area contributed by atoms with Gasteiger partial charge in [-0.25, -0.2) is 9.48 Å². The molecule has 0 unspecified atom stereocenters. The van der Waals surface area contributed by atoms with Crippen LogP contribution in [0.15, 0.2) is 42.6 Å². The molecule has 0 amide bonds. The Morgan fingerprint density at radius 3 is 2.64 bits per heavy atom. The Balaban J connectivity index is 2.22. The van der Waals surface area contributed by atoms with Crippen LogP contribution in [0.2, 0.25) is 0 Å². The molecule has 0 saturated heterocycles. The molecule has 0 aliphatic carbocycles. The Hall–Kier alpha value is -2.69. The minimum Gasteiger partial charge on any atom is -0.476 e. The second-order valence-electron chi connectivity index (χ2n) is 6.26. The number of hydrogen-bond donors (Lipinski definition) is 1. The monoisotopic (exact) mass is 295 g/mol. The van der Waals surface area contributed by atoms with Crippen molar-refractivity contribution >= 4 is 16.9 Å². The predicted octanol–water partition coefficient (Wildman–Crippen LogP) is 3.42. The lowest BCUT2D eigenvalue weighted by molar-refractivity contribution is 0.0690. The van der Waals surface area contributed by atoms with E-state index in [0.29, 0.717) is 0 Å². The number of nitrogens with zero attached hydrogens (tertiary/aromatic N) is 3. The first-order chi connectivity index (χ1) is 10.4. The van der Waals surface area contributed by atoms with E-state index in [1.165, 1.54) is 0 Å². The van der Waals surface area contributed by atoms with Crippen molar-refractivity contribution in [1.29, 1.82) is 0 Å². The minimum absolute atomic E-state index is 0.0520. The second kappa shape index (κ2) is 4.94. The summed E-state index contributed by atoms with van der Waals surface area (Å²) in [5.74, 6) is -1.02. The number of fused-ring (bicyclic) bond motifs is 1. The molecule has 0 spiro atoms. The van der Waals surface area contributed by atoms with Crippen LogP contribution in [0.1, 0.15) is 37.0 Å². The fourth-order valence-electron chi connectivity index (χ4n) is 2.41. The number of carbonyl (C=O) groups is 1. The number of carboxylic acids is 1. The molecule has 0 aliphatic heterocycles. The van der Waals surface area contributed by atoms with Crippen molar-refractivity contribution < 1.29 is 9.90 Å². The van der Waals surface area contributed by atoms with Gasteiger partial charge in [0.15, 0.2) is 5.69 Å². The van der Waals surface area contributed by atoms with Crippen LogP contribution in [0.25, 0.3) is 16.6 Å². The molecule has 3 aromatic rings. The zero-order valence-corrected chi connectivity index (χ0v) is 12.7. The van der Waals surface area contributed by atoms with Crippen LogP contribution in [0, 0.1) is 0 Å². The third-order valence-corrected chi connectivity index (χ3v) is 3.53. The van der Waals surface area contributed by atoms with E-state index in [4.69, 9.17) is 0 Å². The summed E-state index contributed by atoms with van der Waals surface area (Å²) in [6, 6.07) is 11.3. The van der Waals surface area contributed by atoms with Crippen LogP contribution in [0.3, 0.4) is 0 Å². The average molecular weight is 295 g/mol. The van der Waals surface area contributed by atoms with Crippen molar-refractivity contribution in [2.75, 3.05) is 0 Å². The maximum atomic E-state index is 11.3. The van der Waals surface area contributed by atoms with Gasteiger partial charge in [0, 0.05) is 17.0 Å². The Labute approximate surface area is 128 Å². The maximum Gasteiger partial charge on any atom is 0.356 e. The van der Waals surface area contributed by atoms with Gasteiger partial charge in [0.05, 0.1) is 16.9 Å². The van der Waals surface area contributed by atoms with Crippen LogP contribution in [-0.4, -0.2) is 25.8 Å². The molecule has 1 aromatic carbocycles. The minimum atomic E-state index is -1.02. The third kappa shape index (κ3) is 2.45. The van der Waals surface area contributed by atoms with Crippen molar-refractivity contribution in [2.24, 2.45) is 0 Å². The van der Waals surface area contributed by atoms with Gasteiger partial charge >= 0.3 is 5.97 Å². The fraction of sp³-hybridized carbons (Fsp3) is 0.235. The molecule has 0 radical (unpaired) electrons. The molecule has 2 aromatic heterocycles. The van der Waals surface area contributed by atoms with Gasteiger partial charge in [-0.1, -0.05) is 26.8 Å². The Morgan fingerprint density at radius 2 is 1.95 bits per heavy atom. The van der Waals surface area contributed by atoms with Crippen molar-refractivity contribution in [1.82, 2.24) is 14.8 Å². The summed E-state index contributed by atoms with van der Waals surface area (Å²) >= 11 is 0. The van der Waals surface area contributed by atoms with Crippen LogP contribution >= 0.6 is 0 Å². The number of aromatic carboxylic acids is 1. The first kappa shape index (κ1) is 14.3. The van der Waals surface area contributed by atoms with Gasteiger partial charge in [-0.05, 0) is 30.3 Å². The van der Waals surface area contributed by atoms with Gasteiger partial charge in [0.1, 0.15) is 0 Å². The van der Waals surface area contributed by atoms with Crippen LogP contribution in [0.4, 0.5) is 0 Å². The van der Waals surface area contributed by atoms with Gasteiger partial charge in [0.25, 0.3) is 0 Å². The molecular weight excluding hydrogens is 278 g/mol. The molecule has 0 saturated carbocycles. The van der Waals surface area contributed by atoms with Gasteiger partial charge in [-0.3, -0.25) is 4.98 Å². The maximum absolute atomic E-state index is 11.3. The molecule has 5 nitrogen and oxygen atoms in total. The number of aromatic nitrogens is 3. The Bertz CT molecular complexity index is 860. The second-order valence-corrected chi connectivity index (χ2v) is 6.26. The number of hydrogen-bond acceptors (Lipinski definition) is 3. The molecule has 0 aliphatic rings. The first-order valence-electron chi connectivity index (χ1n) is 7.05. The lowest BCUT2D eigenvalue weighted by atomic mass is 9.91. The zero-order chi connectivity index (χ0) is 15.9. The number of carboxylic acid groups (broad SMARTS) is 1. The van der Waals surface area contributed by atoms with Gasteiger partial charge in [0.2, 0.25) is 0 Å². The van der Waals surface area contributed by atoms with Gasteiger partial charge in [-0.15, -0.1) is 0 Å². The van der Waals surface area contributed by atoms with E-state index in [9.17, 15) is 9.90 Å². The van der Waals surface area contributed by atoms with E-state index in [1.54, 1.807) is 16.9 Å². The van der Waals surface area contributed by atoms with E-state index >= 15 is 0 Å². The predicted molar refractivity (Wildman–Crippen MR) is 84.5 cm³/mol. The van der Waals surface area contributed by atoms with E-state index in [0.717, 1.165) is 22.3 Å². The Kier molecular flexibility index (Phi) is 3.20. The lowest BCUT2D eigenvalue weighted by Crippen LogP contribution is -2.17. The van der Waals surface area contributed by atoms with E-state index in [-0.39, 0.29) is 11.1 Å². The summed E-state index contributed by atoms with van der Waals surface area (Å²) in [5, 5.41) is 14.5.